The van der Waals surface area contributed by atoms with Crippen LogP contribution in [0.1, 0.15) is 37.0 Å². The fourth-order valence-corrected chi connectivity index (χ4v) is 3.27. The second-order valence-electron chi connectivity index (χ2n) is 4.37. The first-order valence-electron chi connectivity index (χ1n) is 5.91. The quantitative estimate of drug-likeness (QED) is 0.758. The molecule has 0 radical (unpaired) electrons. The van der Waals surface area contributed by atoms with Crippen molar-refractivity contribution in [3.63, 3.8) is 0 Å². The van der Waals surface area contributed by atoms with Crippen LogP contribution in [0.15, 0.2) is 21.5 Å². The Bertz CT molecular complexity index is 619. The van der Waals surface area contributed by atoms with Crippen molar-refractivity contribution in [3.05, 3.63) is 27.2 Å². The number of carbonyl (C=O) groups is 1. The predicted octanol–water partition coefficient (Wildman–Crippen LogP) is 3.95. The summed E-state index contributed by atoms with van der Waals surface area (Å²) >= 11 is 9.14. The Kier molecular flexibility index (Phi) is 6.31. The van der Waals surface area contributed by atoms with E-state index in [1.807, 2.05) is 13.8 Å². The van der Waals surface area contributed by atoms with Gasteiger partial charge < -0.3 is 5.32 Å². The molecular formula is C12H14BrCl2NO3S. The van der Waals surface area contributed by atoms with Crippen LogP contribution in [-0.4, -0.2) is 20.4 Å². The van der Waals surface area contributed by atoms with E-state index in [0.717, 1.165) is 12.8 Å². The average molecular weight is 403 g/mol. The summed E-state index contributed by atoms with van der Waals surface area (Å²) in [6, 6.07) is 2.40. The summed E-state index contributed by atoms with van der Waals surface area (Å²) in [5.41, 5.74) is 0.0724. The minimum absolute atomic E-state index is 0.0291. The Labute approximate surface area is 136 Å². The highest BCUT2D eigenvalue weighted by Crippen LogP contribution is 2.31. The summed E-state index contributed by atoms with van der Waals surface area (Å²) in [7, 11) is 1.36. The first kappa shape index (κ1) is 17.8. The topological polar surface area (TPSA) is 63.2 Å². The summed E-state index contributed by atoms with van der Waals surface area (Å²) in [6.45, 7) is 3.87. The van der Waals surface area contributed by atoms with Gasteiger partial charge in [0, 0.05) is 21.2 Å². The summed E-state index contributed by atoms with van der Waals surface area (Å²) in [5, 5.41) is 2.91. The van der Waals surface area contributed by atoms with Crippen LogP contribution >= 0.6 is 38.2 Å². The van der Waals surface area contributed by atoms with Crippen LogP contribution < -0.4 is 5.32 Å². The maximum atomic E-state index is 12.1. The maximum Gasteiger partial charge on any atom is 0.261 e. The van der Waals surface area contributed by atoms with Gasteiger partial charge in [0.15, 0.2) is 0 Å². The van der Waals surface area contributed by atoms with Gasteiger partial charge >= 0.3 is 0 Å². The Hall–Kier alpha value is -0.300. The zero-order valence-corrected chi connectivity index (χ0v) is 14.8. The highest BCUT2D eigenvalue weighted by atomic mass is 79.9. The molecule has 0 heterocycles. The molecule has 0 saturated heterocycles. The van der Waals surface area contributed by atoms with Crippen LogP contribution in [0.2, 0.25) is 5.02 Å². The molecule has 0 aliphatic rings. The zero-order chi connectivity index (χ0) is 15.5. The molecule has 0 bridgehead atoms. The van der Waals surface area contributed by atoms with Gasteiger partial charge in [0.25, 0.3) is 15.0 Å². The van der Waals surface area contributed by atoms with Gasteiger partial charge in [-0.1, -0.05) is 24.9 Å². The third-order valence-electron chi connectivity index (χ3n) is 2.63. The number of benzene rings is 1. The number of nitrogens with one attached hydrogen (secondary N) is 1. The highest BCUT2D eigenvalue weighted by Gasteiger charge is 2.20. The molecule has 0 aliphatic heterocycles. The molecule has 4 nitrogen and oxygen atoms in total. The van der Waals surface area contributed by atoms with E-state index in [1.165, 1.54) is 12.1 Å². The summed E-state index contributed by atoms with van der Waals surface area (Å²) in [6.07, 6.45) is 1.74. The third kappa shape index (κ3) is 4.62. The van der Waals surface area contributed by atoms with Gasteiger partial charge in [-0.05, 0) is 41.4 Å². The van der Waals surface area contributed by atoms with Crippen molar-refractivity contribution in [1.82, 2.24) is 5.32 Å². The molecule has 1 amide bonds. The number of hydrogen-bond donors (Lipinski definition) is 1. The molecule has 1 rings (SSSR count). The van der Waals surface area contributed by atoms with Crippen molar-refractivity contribution in [2.45, 2.75) is 37.6 Å². The average Bonchev–Trinajstić information content (AvgIpc) is 2.31. The van der Waals surface area contributed by atoms with E-state index in [2.05, 4.69) is 21.2 Å². The van der Waals surface area contributed by atoms with Gasteiger partial charge in [-0.3, -0.25) is 4.79 Å². The Balaban J connectivity index is 3.17. The Morgan fingerprint density at radius 2 is 2.05 bits per heavy atom. The molecule has 0 spiro atoms. The SMILES string of the molecule is CCCC(C)NC(=O)c1cc(S(=O)(=O)Cl)cc(Br)c1Cl. The van der Waals surface area contributed by atoms with Crippen molar-refractivity contribution < 1.29 is 13.2 Å². The van der Waals surface area contributed by atoms with Crippen LogP contribution in [-0.2, 0) is 9.05 Å². The lowest BCUT2D eigenvalue weighted by atomic mass is 10.1. The first-order chi connectivity index (χ1) is 9.16. The summed E-state index contributed by atoms with van der Waals surface area (Å²) in [5.74, 6) is -0.432. The molecule has 1 aromatic rings. The van der Waals surface area contributed by atoms with Gasteiger partial charge in [-0.15, -0.1) is 0 Å². The van der Waals surface area contributed by atoms with E-state index >= 15 is 0 Å². The largest absolute Gasteiger partial charge is 0.350 e. The number of rotatable bonds is 5. The molecule has 8 heteroatoms. The van der Waals surface area contributed by atoms with Crippen molar-refractivity contribution in [1.29, 1.82) is 0 Å². The van der Waals surface area contributed by atoms with E-state index in [1.54, 1.807) is 0 Å². The Morgan fingerprint density at radius 1 is 1.45 bits per heavy atom. The van der Waals surface area contributed by atoms with E-state index in [-0.39, 0.29) is 21.5 Å². The van der Waals surface area contributed by atoms with E-state index < -0.39 is 15.0 Å². The van der Waals surface area contributed by atoms with Crippen LogP contribution in [0, 0.1) is 0 Å². The van der Waals surface area contributed by atoms with E-state index in [9.17, 15) is 13.2 Å². The molecule has 1 N–H and O–H groups in total. The van der Waals surface area contributed by atoms with Gasteiger partial charge in [0.2, 0.25) is 0 Å². The van der Waals surface area contributed by atoms with Gasteiger partial charge in [0.1, 0.15) is 0 Å². The van der Waals surface area contributed by atoms with E-state index in [4.69, 9.17) is 22.3 Å². The molecule has 0 fully saturated rings. The lowest BCUT2D eigenvalue weighted by molar-refractivity contribution is 0.0938. The van der Waals surface area contributed by atoms with Crippen LogP contribution in [0.4, 0.5) is 0 Å². The zero-order valence-electron chi connectivity index (χ0n) is 10.9. The maximum absolute atomic E-state index is 12.1. The molecular weight excluding hydrogens is 389 g/mol. The van der Waals surface area contributed by atoms with Crippen LogP contribution in [0.25, 0.3) is 0 Å². The molecule has 1 atom stereocenters. The molecule has 112 valence electrons. The van der Waals surface area contributed by atoms with Crippen molar-refractivity contribution >= 4 is 53.2 Å². The Morgan fingerprint density at radius 3 is 2.55 bits per heavy atom. The van der Waals surface area contributed by atoms with Crippen molar-refractivity contribution in [2.75, 3.05) is 0 Å². The predicted molar refractivity (Wildman–Crippen MR) is 84.0 cm³/mol. The number of carbonyl (C=O) groups excluding carboxylic acids is 1. The van der Waals surface area contributed by atoms with Crippen molar-refractivity contribution in [2.24, 2.45) is 0 Å². The van der Waals surface area contributed by atoms with Crippen LogP contribution in [0.5, 0.6) is 0 Å². The second-order valence-corrected chi connectivity index (χ2v) is 8.17. The molecule has 0 saturated carbocycles. The fraction of sp³-hybridized carbons (Fsp3) is 0.417. The molecule has 1 unspecified atom stereocenters. The first-order valence-corrected chi connectivity index (χ1v) is 9.39. The summed E-state index contributed by atoms with van der Waals surface area (Å²) < 4.78 is 23.0. The lowest BCUT2D eigenvalue weighted by Gasteiger charge is -2.14. The third-order valence-corrected chi connectivity index (χ3v) is 5.22. The minimum atomic E-state index is -3.93. The molecule has 0 aliphatic carbocycles. The highest BCUT2D eigenvalue weighted by molar-refractivity contribution is 9.10. The minimum Gasteiger partial charge on any atom is -0.350 e. The monoisotopic (exact) mass is 401 g/mol. The lowest BCUT2D eigenvalue weighted by Crippen LogP contribution is -2.32. The smallest absolute Gasteiger partial charge is 0.261 e. The van der Waals surface area contributed by atoms with Gasteiger partial charge in [0.05, 0.1) is 15.5 Å². The normalized spacial score (nSPS) is 13.1. The van der Waals surface area contributed by atoms with Crippen LogP contribution in [0.3, 0.4) is 0 Å². The van der Waals surface area contributed by atoms with E-state index in [0.29, 0.717) is 4.47 Å². The number of amides is 1. The number of halogens is 3. The standard InChI is InChI=1S/C12H14BrCl2NO3S/c1-3-4-7(2)16-12(17)9-5-8(20(15,18)19)6-10(13)11(9)14/h5-7H,3-4H2,1-2H3,(H,16,17). The number of hydrogen-bond acceptors (Lipinski definition) is 3. The molecule has 20 heavy (non-hydrogen) atoms. The summed E-state index contributed by atoms with van der Waals surface area (Å²) in [4.78, 5) is 12.0. The fourth-order valence-electron chi connectivity index (χ4n) is 1.68. The molecule has 1 aromatic carbocycles. The van der Waals surface area contributed by atoms with Gasteiger partial charge in [-0.2, -0.15) is 0 Å². The van der Waals surface area contributed by atoms with Crippen molar-refractivity contribution in [3.8, 4) is 0 Å². The second kappa shape index (κ2) is 7.11. The van der Waals surface area contributed by atoms with Gasteiger partial charge in [-0.25, -0.2) is 8.42 Å². The molecule has 0 aromatic heterocycles.